The lowest BCUT2D eigenvalue weighted by molar-refractivity contribution is 0.741. The number of rotatable bonds is 9. The number of pyridine rings is 3. The van der Waals surface area contributed by atoms with Gasteiger partial charge in [0.1, 0.15) is 0 Å². The predicted molar refractivity (Wildman–Crippen MR) is 283 cm³/mol. The van der Waals surface area contributed by atoms with Crippen LogP contribution in [0.4, 0.5) is 5.69 Å². The van der Waals surface area contributed by atoms with Crippen molar-refractivity contribution in [1.82, 2.24) is 24.1 Å². The van der Waals surface area contributed by atoms with Crippen molar-refractivity contribution in [2.45, 2.75) is 34.1 Å². The van der Waals surface area contributed by atoms with Crippen LogP contribution in [0.1, 0.15) is 51.1 Å². The summed E-state index contributed by atoms with van der Waals surface area (Å²) in [5, 5.41) is 2.14. The van der Waals surface area contributed by atoms with Crippen LogP contribution in [0, 0.1) is 5.92 Å². The van der Waals surface area contributed by atoms with E-state index in [0.29, 0.717) is 5.92 Å². The minimum absolute atomic E-state index is 0.436. The largest absolute Gasteiger partial charge is 0.308 e. The highest BCUT2D eigenvalue weighted by atomic mass is 15.0. The van der Waals surface area contributed by atoms with E-state index in [0.717, 1.165) is 101 Å². The van der Waals surface area contributed by atoms with Gasteiger partial charge in [-0.3, -0.25) is 19.9 Å². The van der Waals surface area contributed by atoms with Crippen LogP contribution in [0.3, 0.4) is 0 Å². The SMILES string of the molecule is C/C=C/C.C=CC=C.C=Nc1c(/C=C\C)n(-c2cccc(-n3c4ccc(-c5ccccc5-c5ccccn5)cc4c4ncccc43)c2)c2ccc(C3=CCC(C)C=C3c3ccccn3)cc12. The van der Waals surface area contributed by atoms with Crippen molar-refractivity contribution in [1.29, 1.82) is 0 Å². The molecule has 1 aliphatic rings. The van der Waals surface area contributed by atoms with Crippen LogP contribution in [0.25, 0.3) is 83.8 Å². The molecule has 0 fully saturated rings. The summed E-state index contributed by atoms with van der Waals surface area (Å²) in [6.45, 7) is 19.1. The van der Waals surface area contributed by atoms with Crippen LogP contribution >= 0.6 is 0 Å². The average Bonchev–Trinajstić information content (AvgIpc) is 3.88. The molecule has 0 radical (unpaired) electrons. The molecule has 9 aromatic rings. The van der Waals surface area contributed by atoms with Gasteiger partial charge in [-0.25, -0.2) is 0 Å². The molecule has 10 rings (SSSR count). The molecule has 1 unspecified atom stereocenters. The number of aromatic nitrogens is 5. The van der Waals surface area contributed by atoms with Crippen molar-refractivity contribution in [2.75, 3.05) is 0 Å². The Balaban J connectivity index is 0.000000687. The molecular weight excluding hydrogens is 805 g/mol. The maximum absolute atomic E-state index is 4.94. The highest BCUT2D eigenvalue weighted by Crippen LogP contribution is 2.43. The molecule has 1 aliphatic carbocycles. The minimum Gasteiger partial charge on any atom is -0.308 e. The maximum atomic E-state index is 4.94. The van der Waals surface area contributed by atoms with E-state index in [2.05, 4.69) is 179 Å². The van der Waals surface area contributed by atoms with Crippen LogP contribution in [0.5, 0.6) is 0 Å². The van der Waals surface area contributed by atoms with Crippen molar-refractivity contribution < 1.29 is 0 Å². The molecule has 0 bridgehead atoms. The van der Waals surface area contributed by atoms with Gasteiger partial charge in [0, 0.05) is 51.9 Å². The minimum atomic E-state index is 0.436. The average molecular weight is 859 g/mol. The lowest BCUT2D eigenvalue weighted by atomic mass is 9.85. The molecule has 66 heavy (non-hydrogen) atoms. The maximum Gasteiger partial charge on any atom is 0.0963 e. The Hall–Kier alpha value is -8.22. The molecule has 0 saturated carbocycles. The molecule has 6 heteroatoms. The normalized spacial score (nSPS) is 13.5. The molecule has 5 aromatic heterocycles. The molecule has 5 heterocycles. The first-order valence-corrected chi connectivity index (χ1v) is 22.4. The van der Waals surface area contributed by atoms with Gasteiger partial charge in [0.2, 0.25) is 0 Å². The highest BCUT2D eigenvalue weighted by molar-refractivity contribution is 6.10. The zero-order valence-corrected chi connectivity index (χ0v) is 38.1. The number of allylic oxidation sites excluding steroid dienone is 9. The Morgan fingerprint density at radius 3 is 1.88 bits per heavy atom. The van der Waals surface area contributed by atoms with Crippen molar-refractivity contribution in [3.05, 3.63) is 225 Å². The van der Waals surface area contributed by atoms with E-state index in [9.17, 15) is 0 Å². The topological polar surface area (TPSA) is 60.9 Å². The van der Waals surface area contributed by atoms with Gasteiger partial charge in [-0.1, -0.05) is 117 Å². The molecule has 0 aliphatic heterocycles. The molecule has 4 aromatic carbocycles. The number of hydrogen-bond acceptors (Lipinski definition) is 4. The summed E-state index contributed by atoms with van der Waals surface area (Å²) in [5.41, 5.74) is 16.8. The van der Waals surface area contributed by atoms with Crippen molar-refractivity contribution >= 4 is 62.5 Å². The third-order valence-corrected chi connectivity index (χ3v) is 11.7. The summed E-state index contributed by atoms with van der Waals surface area (Å²) < 4.78 is 4.63. The lowest BCUT2D eigenvalue weighted by Crippen LogP contribution is -2.02. The highest BCUT2D eigenvalue weighted by Gasteiger charge is 2.22. The molecule has 324 valence electrons. The zero-order valence-electron chi connectivity index (χ0n) is 38.1. The number of hydrogen-bond donors (Lipinski definition) is 0. The fraction of sp³-hybridized carbons (Fsp3) is 0.100. The van der Waals surface area contributed by atoms with E-state index in [1.807, 2.05) is 75.8 Å². The number of nitrogens with zero attached hydrogens (tertiary/aromatic N) is 6. The Morgan fingerprint density at radius 2 is 1.21 bits per heavy atom. The second-order valence-corrected chi connectivity index (χ2v) is 15.9. The van der Waals surface area contributed by atoms with Crippen LogP contribution < -0.4 is 0 Å². The third kappa shape index (κ3) is 8.82. The fourth-order valence-electron chi connectivity index (χ4n) is 8.62. The molecule has 0 spiro atoms. The van der Waals surface area contributed by atoms with Gasteiger partial charge in [-0.2, -0.15) is 0 Å². The summed E-state index contributed by atoms with van der Waals surface area (Å²) in [5.74, 6) is 0.436. The second-order valence-electron chi connectivity index (χ2n) is 15.9. The van der Waals surface area contributed by atoms with Crippen molar-refractivity contribution in [3.8, 4) is 33.8 Å². The Morgan fingerprint density at radius 1 is 0.576 bits per heavy atom. The molecule has 1 atom stereocenters. The van der Waals surface area contributed by atoms with E-state index in [1.165, 1.54) is 5.57 Å². The first-order chi connectivity index (χ1) is 32.4. The van der Waals surface area contributed by atoms with Gasteiger partial charge in [0.25, 0.3) is 0 Å². The standard InChI is InChI=1S/C52H40N6.C4H8.C4H6/c1-4-13-49-51(53-3)43-31-36(40-24-21-34(2)30-42(40)46-19-8-10-28-55-46)23-25-47(43)57(49)37-14-11-15-38(33-37)58-48-26-22-35(32-44(48)52-50(58)20-12-29-56-52)39-16-5-6-17-41(39)45-18-7-9-27-54-45;2*1-3-4-2/h4-20,22-34H,3,21H2,1-2H3;3-4H,1-2H3;3-4H,1-2H2/b13-4-;4-3+;. The summed E-state index contributed by atoms with van der Waals surface area (Å²) in [4.78, 5) is 19.0. The Kier molecular flexibility index (Phi) is 13.8. The monoisotopic (exact) mass is 858 g/mol. The van der Waals surface area contributed by atoms with E-state index < -0.39 is 0 Å². The van der Waals surface area contributed by atoms with Crippen LogP contribution in [-0.2, 0) is 0 Å². The molecular formula is C60H54N6. The molecule has 0 N–H and O–H groups in total. The van der Waals surface area contributed by atoms with Gasteiger partial charge in [-0.15, -0.1) is 0 Å². The smallest absolute Gasteiger partial charge is 0.0963 e. The predicted octanol–water partition coefficient (Wildman–Crippen LogP) is 16.1. The first-order valence-electron chi connectivity index (χ1n) is 22.4. The Bertz CT molecular complexity index is 3310. The molecule has 0 amide bonds. The third-order valence-electron chi connectivity index (χ3n) is 11.7. The van der Waals surface area contributed by atoms with Crippen LogP contribution in [-0.4, -0.2) is 30.8 Å². The number of aliphatic imine (C=N–C) groups is 1. The number of fused-ring (bicyclic) bond motifs is 4. The van der Waals surface area contributed by atoms with E-state index in [4.69, 9.17) is 9.97 Å². The fourth-order valence-corrected chi connectivity index (χ4v) is 8.62. The quantitative estimate of drug-likeness (QED) is 0.0825. The Labute approximate surface area is 388 Å². The van der Waals surface area contributed by atoms with E-state index in [-0.39, 0.29) is 0 Å². The van der Waals surface area contributed by atoms with Gasteiger partial charge in [0.15, 0.2) is 0 Å². The van der Waals surface area contributed by atoms with Crippen LogP contribution in [0.15, 0.2) is 213 Å². The van der Waals surface area contributed by atoms with E-state index in [1.54, 1.807) is 12.2 Å². The zero-order chi connectivity index (χ0) is 46.0. The lowest BCUT2D eigenvalue weighted by Gasteiger charge is -2.20. The van der Waals surface area contributed by atoms with Crippen molar-refractivity contribution in [3.63, 3.8) is 0 Å². The first kappa shape index (κ1) is 44.4. The van der Waals surface area contributed by atoms with Crippen molar-refractivity contribution in [2.24, 2.45) is 10.9 Å². The summed E-state index contributed by atoms with van der Waals surface area (Å²) >= 11 is 0. The summed E-state index contributed by atoms with van der Waals surface area (Å²) in [7, 11) is 0. The molecule has 0 saturated heterocycles. The van der Waals surface area contributed by atoms with E-state index >= 15 is 0 Å². The second kappa shape index (κ2) is 20.5. The molecule has 6 nitrogen and oxygen atoms in total. The van der Waals surface area contributed by atoms with Crippen LogP contribution in [0.2, 0.25) is 0 Å². The van der Waals surface area contributed by atoms with Gasteiger partial charge in [0.05, 0.1) is 44.8 Å². The summed E-state index contributed by atoms with van der Waals surface area (Å²) in [6, 6.07) is 47.0. The van der Waals surface area contributed by atoms with Gasteiger partial charge >= 0.3 is 0 Å². The summed E-state index contributed by atoms with van der Waals surface area (Å²) in [6.07, 6.45) is 22.7. The van der Waals surface area contributed by atoms with Gasteiger partial charge in [-0.05, 0) is 147 Å². The van der Waals surface area contributed by atoms with Gasteiger partial charge < -0.3 is 9.13 Å². The number of benzene rings is 4.